The minimum Gasteiger partial charge on any atom is -0.352 e. The molecule has 2 saturated carbocycles. The lowest BCUT2D eigenvalue weighted by Gasteiger charge is -2.45. The van der Waals surface area contributed by atoms with Gasteiger partial charge in [-0.25, -0.2) is 0 Å². The number of nitrogens with one attached hydrogen (secondary N) is 1. The molecule has 20 heavy (non-hydrogen) atoms. The molecule has 3 N–H and O–H groups in total. The van der Waals surface area contributed by atoms with Crippen LogP contribution in [0.15, 0.2) is 17.5 Å². The lowest BCUT2D eigenvalue weighted by molar-refractivity contribution is -0.122. The van der Waals surface area contributed by atoms with Gasteiger partial charge in [0.1, 0.15) is 0 Å². The van der Waals surface area contributed by atoms with Crippen LogP contribution < -0.4 is 11.1 Å². The van der Waals surface area contributed by atoms with Crippen LogP contribution in [-0.2, 0) is 11.2 Å². The highest BCUT2D eigenvalue weighted by Gasteiger charge is 2.39. The van der Waals surface area contributed by atoms with E-state index in [1.165, 1.54) is 19.3 Å². The number of hydrogen-bond acceptors (Lipinski definition) is 3. The predicted molar refractivity (Wildman–Crippen MR) is 85.2 cm³/mol. The van der Waals surface area contributed by atoms with E-state index in [9.17, 15) is 4.79 Å². The van der Waals surface area contributed by atoms with Crippen molar-refractivity contribution in [3.63, 3.8) is 0 Å². The molecule has 2 unspecified atom stereocenters. The summed E-state index contributed by atoms with van der Waals surface area (Å²) in [5, 5.41) is 5.32. The summed E-state index contributed by atoms with van der Waals surface area (Å²) in [5.41, 5.74) is 6.12. The molecule has 1 aromatic rings. The monoisotopic (exact) mass is 314 g/mol. The number of halogens is 1. The first-order chi connectivity index (χ1) is 9.22. The van der Waals surface area contributed by atoms with Crippen LogP contribution in [-0.4, -0.2) is 18.0 Å². The summed E-state index contributed by atoms with van der Waals surface area (Å²) >= 11 is 1.65. The van der Waals surface area contributed by atoms with Gasteiger partial charge in [-0.1, -0.05) is 12.5 Å². The van der Waals surface area contributed by atoms with Gasteiger partial charge in [0.25, 0.3) is 0 Å². The minimum atomic E-state index is 0. The highest BCUT2D eigenvalue weighted by atomic mass is 35.5. The first-order valence-electron chi connectivity index (χ1n) is 7.29. The average Bonchev–Trinajstić information content (AvgIpc) is 2.83. The second-order valence-electron chi connectivity index (χ2n) is 6.03. The van der Waals surface area contributed by atoms with Crippen LogP contribution in [0.4, 0.5) is 0 Å². The Labute approximate surface area is 130 Å². The first-order valence-corrected chi connectivity index (χ1v) is 8.17. The molecular weight excluding hydrogens is 292 g/mol. The summed E-state index contributed by atoms with van der Waals surface area (Å²) in [7, 11) is 0. The van der Waals surface area contributed by atoms with E-state index in [4.69, 9.17) is 5.73 Å². The minimum absolute atomic E-state index is 0. The molecule has 0 saturated heterocycles. The lowest BCUT2D eigenvalue weighted by atomic mass is 9.67. The molecular formula is C15H23ClN2OS. The van der Waals surface area contributed by atoms with Crippen molar-refractivity contribution in [2.45, 2.75) is 50.6 Å². The Morgan fingerprint density at radius 1 is 1.35 bits per heavy atom. The Kier molecular flexibility index (Phi) is 5.47. The van der Waals surface area contributed by atoms with E-state index in [0.717, 1.165) is 17.7 Å². The lowest BCUT2D eigenvalue weighted by Crippen LogP contribution is -2.53. The van der Waals surface area contributed by atoms with Crippen LogP contribution in [0.1, 0.15) is 37.0 Å². The summed E-state index contributed by atoms with van der Waals surface area (Å²) in [6, 6.07) is 4.76. The molecule has 2 aliphatic carbocycles. The van der Waals surface area contributed by atoms with Crippen molar-refractivity contribution in [1.82, 2.24) is 5.32 Å². The Morgan fingerprint density at radius 2 is 2.05 bits per heavy atom. The Balaban J connectivity index is 0.00000147. The van der Waals surface area contributed by atoms with Crippen molar-refractivity contribution < 1.29 is 4.79 Å². The van der Waals surface area contributed by atoms with Gasteiger partial charge in [0.2, 0.25) is 5.91 Å². The molecule has 112 valence electrons. The molecule has 0 aromatic carbocycles. The van der Waals surface area contributed by atoms with Crippen LogP contribution in [0.5, 0.6) is 0 Å². The molecule has 3 nitrogen and oxygen atoms in total. The van der Waals surface area contributed by atoms with Crippen molar-refractivity contribution >= 4 is 29.7 Å². The maximum Gasteiger partial charge on any atom is 0.225 e. The molecule has 0 spiro atoms. The fraction of sp³-hybridized carbons (Fsp3) is 0.667. The van der Waals surface area contributed by atoms with Gasteiger partial charge in [-0.15, -0.1) is 23.7 Å². The van der Waals surface area contributed by atoms with E-state index < -0.39 is 0 Å². The standard InChI is InChI=1S/C15H22N2OS.ClH/c16-12-7-10-3-1-4-11(8-12)15(10)17-14(18)9-13-5-2-6-19-13;/h2,5-6,10-12,15H,1,3-4,7-9,16H2,(H,17,18);1H. The topological polar surface area (TPSA) is 55.1 Å². The summed E-state index contributed by atoms with van der Waals surface area (Å²) in [4.78, 5) is 13.3. The molecule has 1 heterocycles. The van der Waals surface area contributed by atoms with Gasteiger partial charge in [-0.2, -0.15) is 0 Å². The second kappa shape index (κ2) is 6.92. The van der Waals surface area contributed by atoms with Gasteiger partial charge in [-0.3, -0.25) is 4.79 Å². The van der Waals surface area contributed by atoms with E-state index in [1.54, 1.807) is 11.3 Å². The van der Waals surface area contributed by atoms with Crippen molar-refractivity contribution in [3.05, 3.63) is 22.4 Å². The number of rotatable bonds is 3. The summed E-state index contributed by atoms with van der Waals surface area (Å²) in [5.74, 6) is 1.39. The summed E-state index contributed by atoms with van der Waals surface area (Å²) in [6.07, 6.45) is 6.46. The van der Waals surface area contributed by atoms with Crippen molar-refractivity contribution in [3.8, 4) is 0 Å². The van der Waals surface area contributed by atoms with Crippen LogP contribution in [0, 0.1) is 11.8 Å². The van der Waals surface area contributed by atoms with E-state index in [2.05, 4.69) is 5.32 Å². The van der Waals surface area contributed by atoms with E-state index in [1.807, 2.05) is 17.5 Å². The molecule has 2 fully saturated rings. The average molecular weight is 315 g/mol. The molecule has 2 bridgehead atoms. The fourth-order valence-electron chi connectivity index (χ4n) is 3.83. The molecule has 0 radical (unpaired) electrons. The second-order valence-corrected chi connectivity index (χ2v) is 7.06. The van der Waals surface area contributed by atoms with Crippen LogP contribution in [0.2, 0.25) is 0 Å². The van der Waals surface area contributed by atoms with E-state index in [0.29, 0.717) is 30.3 Å². The van der Waals surface area contributed by atoms with Gasteiger partial charge in [0.05, 0.1) is 6.42 Å². The first kappa shape index (κ1) is 15.8. The maximum absolute atomic E-state index is 12.2. The third-order valence-corrected chi connectivity index (χ3v) is 5.50. The predicted octanol–water partition coefficient (Wildman–Crippen LogP) is 2.73. The molecule has 1 amide bonds. The molecule has 5 heteroatoms. The van der Waals surface area contributed by atoms with Gasteiger partial charge in [0, 0.05) is 17.0 Å². The molecule has 1 aromatic heterocycles. The highest BCUT2D eigenvalue weighted by Crippen LogP contribution is 2.39. The SMILES string of the molecule is Cl.NC1CC2CCCC(C1)C2NC(=O)Cc1cccs1. The largest absolute Gasteiger partial charge is 0.352 e. The highest BCUT2D eigenvalue weighted by molar-refractivity contribution is 7.10. The number of carbonyl (C=O) groups excluding carboxylic acids is 1. The van der Waals surface area contributed by atoms with Gasteiger partial charge in [-0.05, 0) is 49.0 Å². The van der Waals surface area contributed by atoms with Crippen LogP contribution >= 0.6 is 23.7 Å². The number of hydrogen-bond donors (Lipinski definition) is 2. The smallest absolute Gasteiger partial charge is 0.225 e. The molecule has 3 rings (SSSR count). The number of carbonyl (C=O) groups is 1. The Hall–Kier alpha value is -0.580. The quantitative estimate of drug-likeness (QED) is 0.901. The van der Waals surface area contributed by atoms with E-state index >= 15 is 0 Å². The van der Waals surface area contributed by atoms with Crippen LogP contribution in [0.3, 0.4) is 0 Å². The van der Waals surface area contributed by atoms with Crippen molar-refractivity contribution in [2.75, 3.05) is 0 Å². The van der Waals surface area contributed by atoms with Gasteiger partial charge < -0.3 is 11.1 Å². The molecule has 2 aliphatic rings. The normalized spacial score (nSPS) is 32.2. The zero-order valence-corrected chi connectivity index (χ0v) is 13.2. The third kappa shape index (κ3) is 3.54. The van der Waals surface area contributed by atoms with Gasteiger partial charge >= 0.3 is 0 Å². The summed E-state index contributed by atoms with van der Waals surface area (Å²) < 4.78 is 0. The zero-order valence-electron chi connectivity index (χ0n) is 11.6. The van der Waals surface area contributed by atoms with Gasteiger partial charge in [0.15, 0.2) is 0 Å². The number of thiophene rings is 1. The fourth-order valence-corrected chi connectivity index (χ4v) is 4.54. The third-order valence-electron chi connectivity index (χ3n) is 4.62. The number of amides is 1. The van der Waals surface area contributed by atoms with Crippen LogP contribution in [0.25, 0.3) is 0 Å². The van der Waals surface area contributed by atoms with Crippen molar-refractivity contribution in [2.24, 2.45) is 17.6 Å². The molecule has 2 atom stereocenters. The number of fused-ring (bicyclic) bond motifs is 2. The molecule has 0 aliphatic heterocycles. The summed E-state index contributed by atoms with van der Waals surface area (Å²) in [6.45, 7) is 0. The number of nitrogens with two attached hydrogens (primary N) is 1. The van der Waals surface area contributed by atoms with E-state index in [-0.39, 0.29) is 18.3 Å². The Bertz CT molecular complexity index is 423. The Morgan fingerprint density at radius 3 is 2.65 bits per heavy atom. The van der Waals surface area contributed by atoms with Crippen molar-refractivity contribution in [1.29, 1.82) is 0 Å². The zero-order chi connectivity index (χ0) is 13.2. The maximum atomic E-state index is 12.2.